The zero-order valence-corrected chi connectivity index (χ0v) is 7.65. The molecule has 0 aromatic carbocycles. The second kappa shape index (κ2) is 3.50. The SMILES string of the molecule is O=C(C1CC=CC1)N1CC(CO)C1. The van der Waals surface area contributed by atoms with Crippen molar-refractivity contribution in [2.24, 2.45) is 11.8 Å². The van der Waals surface area contributed by atoms with Crippen LogP contribution in [0.1, 0.15) is 12.8 Å². The van der Waals surface area contributed by atoms with E-state index in [-0.39, 0.29) is 18.4 Å². The van der Waals surface area contributed by atoms with Crippen molar-refractivity contribution < 1.29 is 9.90 Å². The quantitative estimate of drug-likeness (QED) is 0.626. The van der Waals surface area contributed by atoms with Crippen LogP contribution < -0.4 is 0 Å². The highest BCUT2D eigenvalue weighted by Gasteiger charge is 2.33. The Hall–Kier alpha value is -0.830. The molecule has 0 bridgehead atoms. The fourth-order valence-electron chi connectivity index (χ4n) is 1.94. The van der Waals surface area contributed by atoms with E-state index in [0.717, 1.165) is 25.9 Å². The third-order valence-electron chi connectivity index (χ3n) is 2.88. The molecule has 0 atom stereocenters. The number of hydrogen-bond donors (Lipinski definition) is 1. The smallest absolute Gasteiger partial charge is 0.226 e. The van der Waals surface area contributed by atoms with Crippen LogP contribution in [0.15, 0.2) is 12.2 Å². The molecule has 1 fully saturated rings. The molecule has 3 heteroatoms. The second-order valence-electron chi connectivity index (χ2n) is 3.93. The van der Waals surface area contributed by atoms with Gasteiger partial charge >= 0.3 is 0 Å². The highest BCUT2D eigenvalue weighted by molar-refractivity contribution is 5.80. The van der Waals surface area contributed by atoms with Gasteiger partial charge in [0, 0.05) is 31.5 Å². The lowest BCUT2D eigenvalue weighted by Gasteiger charge is -2.39. The second-order valence-corrected chi connectivity index (χ2v) is 3.93. The van der Waals surface area contributed by atoms with Crippen LogP contribution >= 0.6 is 0 Å². The van der Waals surface area contributed by atoms with E-state index >= 15 is 0 Å². The highest BCUT2D eigenvalue weighted by Crippen LogP contribution is 2.24. The summed E-state index contributed by atoms with van der Waals surface area (Å²) in [4.78, 5) is 13.6. The van der Waals surface area contributed by atoms with Gasteiger partial charge in [0.2, 0.25) is 5.91 Å². The summed E-state index contributed by atoms with van der Waals surface area (Å²) < 4.78 is 0. The molecule has 0 saturated carbocycles. The third-order valence-corrected chi connectivity index (χ3v) is 2.88. The molecule has 0 aromatic heterocycles. The molecule has 72 valence electrons. The Labute approximate surface area is 78.0 Å². The molecule has 1 heterocycles. The Morgan fingerprint density at radius 1 is 1.38 bits per heavy atom. The monoisotopic (exact) mass is 181 g/mol. The summed E-state index contributed by atoms with van der Waals surface area (Å²) >= 11 is 0. The molecule has 1 amide bonds. The van der Waals surface area contributed by atoms with Gasteiger partial charge in [0.05, 0.1) is 0 Å². The van der Waals surface area contributed by atoms with E-state index in [1.165, 1.54) is 0 Å². The molecular weight excluding hydrogens is 166 g/mol. The number of rotatable bonds is 2. The number of aliphatic hydroxyl groups excluding tert-OH is 1. The van der Waals surface area contributed by atoms with Crippen LogP contribution in [-0.4, -0.2) is 35.6 Å². The number of likely N-dealkylation sites (tertiary alicyclic amines) is 1. The lowest BCUT2D eigenvalue weighted by Crippen LogP contribution is -2.53. The largest absolute Gasteiger partial charge is 0.396 e. The van der Waals surface area contributed by atoms with E-state index in [0.29, 0.717) is 5.92 Å². The van der Waals surface area contributed by atoms with Crippen molar-refractivity contribution >= 4 is 5.91 Å². The molecule has 1 aliphatic carbocycles. The van der Waals surface area contributed by atoms with Crippen molar-refractivity contribution in [1.82, 2.24) is 4.90 Å². The molecule has 2 rings (SSSR count). The lowest BCUT2D eigenvalue weighted by molar-refractivity contribution is -0.142. The van der Waals surface area contributed by atoms with Gasteiger partial charge in [-0.1, -0.05) is 12.2 Å². The maximum atomic E-state index is 11.7. The Balaban J connectivity index is 1.79. The Bertz CT molecular complexity index is 223. The first-order valence-electron chi connectivity index (χ1n) is 4.86. The predicted molar refractivity (Wildman–Crippen MR) is 49.0 cm³/mol. The van der Waals surface area contributed by atoms with Crippen LogP contribution in [0.2, 0.25) is 0 Å². The van der Waals surface area contributed by atoms with Gasteiger partial charge in [0.1, 0.15) is 0 Å². The predicted octanol–water partition coefficient (Wildman–Crippen LogP) is 0.403. The Morgan fingerprint density at radius 3 is 2.54 bits per heavy atom. The highest BCUT2D eigenvalue weighted by atomic mass is 16.3. The summed E-state index contributed by atoms with van der Waals surface area (Å²) in [7, 11) is 0. The molecule has 2 aliphatic rings. The van der Waals surface area contributed by atoms with Crippen LogP contribution in [0.3, 0.4) is 0 Å². The van der Waals surface area contributed by atoms with E-state index in [4.69, 9.17) is 5.11 Å². The van der Waals surface area contributed by atoms with Crippen LogP contribution in [0.25, 0.3) is 0 Å². The van der Waals surface area contributed by atoms with Gasteiger partial charge in [0.25, 0.3) is 0 Å². The first-order valence-corrected chi connectivity index (χ1v) is 4.86. The summed E-state index contributed by atoms with van der Waals surface area (Å²) in [6, 6.07) is 0. The van der Waals surface area contributed by atoms with Crippen molar-refractivity contribution in [3.8, 4) is 0 Å². The number of amides is 1. The van der Waals surface area contributed by atoms with Gasteiger partial charge in [-0.05, 0) is 12.8 Å². The average Bonchev–Trinajstić information content (AvgIpc) is 2.53. The van der Waals surface area contributed by atoms with Gasteiger partial charge in [-0.3, -0.25) is 4.79 Å². The average molecular weight is 181 g/mol. The fraction of sp³-hybridized carbons (Fsp3) is 0.700. The van der Waals surface area contributed by atoms with Gasteiger partial charge in [-0.25, -0.2) is 0 Å². The minimum atomic E-state index is 0.194. The molecule has 13 heavy (non-hydrogen) atoms. The van der Waals surface area contributed by atoms with E-state index in [1.807, 2.05) is 4.90 Å². The fourth-order valence-corrected chi connectivity index (χ4v) is 1.94. The van der Waals surface area contributed by atoms with Crippen molar-refractivity contribution in [2.75, 3.05) is 19.7 Å². The molecule has 0 unspecified atom stereocenters. The van der Waals surface area contributed by atoms with E-state index < -0.39 is 0 Å². The Morgan fingerprint density at radius 2 is 2.00 bits per heavy atom. The van der Waals surface area contributed by atoms with Gasteiger partial charge in [-0.15, -0.1) is 0 Å². The summed E-state index contributed by atoms with van der Waals surface area (Å²) in [6.07, 6.45) is 5.95. The molecule has 1 saturated heterocycles. The van der Waals surface area contributed by atoms with Crippen LogP contribution in [-0.2, 0) is 4.79 Å². The standard InChI is InChI=1S/C10H15NO2/c12-7-8-5-11(6-8)10(13)9-3-1-2-4-9/h1-2,8-9,12H,3-7H2. The van der Waals surface area contributed by atoms with Crippen LogP contribution in [0.4, 0.5) is 0 Å². The van der Waals surface area contributed by atoms with E-state index in [1.54, 1.807) is 0 Å². The number of carbonyl (C=O) groups excluding carboxylic acids is 1. The minimum Gasteiger partial charge on any atom is -0.396 e. The maximum absolute atomic E-state index is 11.7. The molecular formula is C10H15NO2. The first-order chi connectivity index (χ1) is 6.31. The molecule has 3 nitrogen and oxygen atoms in total. The summed E-state index contributed by atoms with van der Waals surface area (Å²) in [5, 5.41) is 8.80. The third kappa shape index (κ3) is 1.61. The van der Waals surface area contributed by atoms with Crippen molar-refractivity contribution in [3.63, 3.8) is 0 Å². The number of allylic oxidation sites excluding steroid dienone is 2. The topological polar surface area (TPSA) is 40.5 Å². The molecule has 0 radical (unpaired) electrons. The molecule has 0 aromatic rings. The normalized spacial score (nSPS) is 23.6. The van der Waals surface area contributed by atoms with Crippen molar-refractivity contribution in [1.29, 1.82) is 0 Å². The van der Waals surface area contributed by atoms with E-state index in [9.17, 15) is 4.79 Å². The zero-order valence-electron chi connectivity index (χ0n) is 7.65. The van der Waals surface area contributed by atoms with E-state index in [2.05, 4.69) is 12.2 Å². The number of carbonyl (C=O) groups is 1. The number of aliphatic hydroxyl groups is 1. The van der Waals surface area contributed by atoms with Gasteiger partial charge in [-0.2, -0.15) is 0 Å². The van der Waals surface area contributed by atoms with Crippen molar-refractivity contribution in [2.45, 2.75) is 12.8 Å². The zero-order chi connectivity index (χ0) is 9.26. The summed E-state index contributed by atoms with van der Waals surface area (Å²) in [6.45, 7) is 1.73. The van der Waals surface area contributed by atoms with Gasteiger partial charge < -0.3 is 10.0 Å². The van der Waals surface area contributed by atoms with Crippen molar-refractivity contribution in [3.05, 3.63) is 12.2 Å². The molecule has 1 aliphatic heterocycles. The molecule has 0 spiro atoms. The van der Waals surface area contributed by atoms with Gasteiger partial charge in [0.15, 0.2) is 0 Å². The number of hydrogen-bond acceptors (Lipinski definition) is 2. The molecule has 1 N–H and O–H groups in total. The maximum Gasteiger partial charge on any atom is 0.226 e. The lowest BCUT2D eigenvalue weighted by atomic mass is 9.97. The number of nitrogens with zero attached hydrogens (tertiary/aromatic N) is 1. The van der Waals surface area contributed by atoms with Crippen LogP contribution in [0.5, 0.6) is 0 Å². The summed E-state index contributed by atoms with van der Waals surface area (Å²) in [5.41, 5.74) is 0. The Kier molecular flexibility index (Phi) is 2.36. The minimum absolute atomic E-state index is 0.194. The first kappa shape index (κ1) is 8.75. The van der Waals surface area contributed by atoms with Crippen LogP contribution in [0, 0.1) is 11.8 Å². The summed E-state index contributed by atoms with van der Waals surface area (Å²) in [5.74, 6) is 0.799.